The molecule has 3 rings (SSSR count). The summed E-state index contributed by atoms with van der Waals surface area (Å²) in [5, 5.41) is 6.88. The molecule has 1 fully saturated rings. The summed E-state index contributed by atoms with van der Waals surface area (Å²) in [4.78, 5) is 11.6. The Morgan fingerprint density at radius 2 is 2.18 bits per heavy atom. The molecule has 0 aromatic carbocycles. The van der Waals surface area contributed by atoms with Crippen LogP contribution in [0, 0.1) is 6.92 Å². The van der Waals surface area contributed by atoms with Crippen LogP contribution in [0.25, 0.3) is 0 Å². The van der Waals surface area contributed by atoms with Crippen LogP contribution in [0.5, 0.6) is 0 Å². The maximum absolute atomic E-state index is 5.37. The highest BCUT2D eigenvalue weighted by molar-refractivity contribution is 14.0. The molecular weight excluding hydrogens is 465 g/mol. The third kappa shape index (κ3) is 6.85. The van der Waals surface area contributed by atoms with E-state index in [2.05, 4.69) is 51.1 Å². The first-order chi connectivity index (χ1) is 13.2. The van der Waals surface area contributed by atoms with Crippen LogP contribution in [0.2, 0.25) is 0 Å². The zero-order valence-corrected chi connectivity index (χ0v) is 18.8. The molecule has 1 aliphatic heterocycles. The second-order valence-corrected chi connectivity index (χ2v) is 6.83. The molecule has 6 nitrogen and oxygen atoms in total. The van der Waals surface area contributed by atoms with E-state index in [1.54, 1.807) is 6.26 Å². The number of nitrogens with one attached hydrogen (secondary N) is 2. The summed E-state index contributed by atoms with van der Waals surface area (Å²) in [6.07, 6.45) is 8.39. The number of nitrogens with zero attached hydrogens (tertiary/aromatic N) is 3. The Morgan fingerprint density at radius 3 is 2.82 bits per heavy atom. The van der Waals surface area contributed by atoms with Crippen molar-refractivity contribution in [3.05, 3.63) is 60.7 Å². The summed E-state index contributed by atoms with van der Waals surface area (Å²) in [5.74, 6) is 2.87. The molecule has 7 heteroatoms. The number of furan rings is 1. The normalized spacial score (nSPS) is 15.0. The molecule has 0 atom stereocenters. The fraction of sp³-hybridized carbons (Fsp3) is 0.429. The molecule has 1 saturated heterocycles. The summed E-state index contributed by atoms with van der Waals surface area (Å²) >= 11 is 0. The van der Waals surface area contributed by atoms with Gasteiger partial charge in [-0.25, -0.2) is 4.98 Å². The van der Waals surface area contributed by atoms with Crippen LogP contribution < -0.4 is 15.5 Å². The zero-order chi connectivity index (χ0) is 18.9. The van der Waals surface area contributed by atoms with Crippen molar-refractivity contribution in [3.8, 4) is 0 Å². The largest absolute Gasteiger partial charge is 0.469 e. The summed E-state index contributed by atoms with van der Waals surface area (Å²) in [7, 11) is 0. The molecule has 0 bridgehead atoms. The highest BCUT2D eigenvalue weighted by Crippen LogP contribution is 2.18. The van der Waals surface area contributed by atoms with E-state index in [0.717, 1.165) is 49.9 Å². The standard InChI is InChI=1S/C21H29N5O.HI/c1-3-11-22-21(23-12-8-19-5-4-15-27-19)25-18-9-13-26(14-10-18)20-7-6-17(2)16-24-20;/h3-7,15-16,18H,1,8-14H2,2H3,(H2,22,23,25);1H. The van der Waals surface area contributed by atoms with Gasteiger partial charge in [0.05, 0.1) is 6.26 Å². The highest BCUT2D eigenvalue weighted by Gasteiger charge is 2.20. The molecule has 2 aromatic heterocycles. The van der Waals surface area contributed by atoms with Crippen molar-refractivity contribution in [2.24, 2.45) is 4.99 Å². The molecule has 2 N–H and O–H groups in total. The van der Waals surface area contributed by atoms with Crippen LogP contribution in [0.15, 0.2) is 58.8 Å². The molecule has 0 saturated carbocycles. The number of hydrogen-bond donors (Lipinski definition) is 2. The minimum absolute atomic E-state index is 0. The van der Waals surface area contributed by atoms with Crippen LogP contribution in [-0.4, -0.2) is 43.2 Å². The van der Waals surface area contributed by atoms with Gasteiger partial charge >= 0.3 is 0 Å². The van der Waals surface area contributed by atoms with Crippen molar-refractivity contribution < 1.29 is 4.42 Å². The predicted molar refractivity (Wildman–Crippen MR) is 126 cm³/mol. The van der Waals surface area contributed by atoms with E-state index >= 15 is 0 Å². The molecule has 28 heavy (non-hydrogen) atoms. The number of rotatable bonds is 7. The first-order valence-electron chi connectivity index (χ1n) is 9.60. The first kappa shape index (κ1) is 22.3. The molecule has 0 aliphatic carbocycles. The molecule has 0 radical (unpaired) electrons. The predicted octanol–water partition coefficient (Wildman–Crippen LogP) is 3.53. The van der Waals surface area contributed by atoms with Crippen LogP contribution in [0.1, 0.15) is 24.2 Å². The average molecular weight is 495 g/mol. The molecule has 3 heterocycles. The van der Waals surface area contributed by atoms with E-state index in [4.69, 9.17) is 4.42 Å². The minimum atomic E-state index is 0. The molecule has 0 amide bonds. The summed E-state index contributed by atoms with van der Waals surface area (Å²) < 4.78 is 5.37. The van der Waals surface area contributed by atoms with Crippen LogP contribution in [0.4, 0.5) is 5.82 Å². The number of aliphatic imine (C=N–C) groups is 1. The lowest BCUT2D eigenvalue weighted by molar-refractivity contribution is 0.459. The van der Waals surface area contributed by atoms with Gasteiger partial charge in [-0.1, -0.05) is 12.1 Å². The average Bonchev–Trinajstić information content (AvgIpc) is 3.21. The third-order valence-corrected chi connectivity index (χ3v) is 4.68. The van der Waals surface area contributed by atoms with Gasteiger partial charge in [0.25, 0.3) is 0 Å². The number of aryl methyl sites for hydroxylation is 1. The zero-order valence-electron chi connectivity index (χ0n) is 16.4. The van der Waals surface area contributed by atoms with E-state index in [9.17, 15) is 0 Å². The lowest BCUT2D eigenvalue weighted by atomic mass is 10.1. The summed E-state index contributed by atoms with van der Waals surface area (Å²) in [6, 6.07) is 8.53. The highest BCUT2D eigenvalue weighted by atomic mass is 127. The molecule has 152 valence electrons. The lowest BCUT2D eigenvalue weighted by Crippen LogP contribution is -2.49. The van der Waals surface area contributed by atoms with Crippen LogP contribution in [-0.2, 0) is 6.42 Å². The van der Waals surface area contributed by atoms with Gasteiger partial charge in [0.15, 0.2) is 5.96 Å². The summed E-state index contributed by atoms with van der Waals surface area (Å²) in [5.41, 5.74) is 1.19. The third-order valence-electron chi connectivity index (χ3n) is 4.68. The smallest absolute Gasteiger partial charge is 0.191 e. The maximum atomic E-state index is 5.37. The fourth-order valence-electron chi connectivity index (χ4n) is 3.15. The Labute approximate surface area is 184 Å². The number of hydrogen-bond acceptors (Lipinski definition) is 4. The van der Waals surface area contributed by atoms with E-state index in [0.29, 0.717) is 19.1 Å². The van der Waals surface area contributed by atoms with Crippen molar-refractivity contribution in [3.63, 3.8) is 0 Å². The Morgan fingerprint density at radius 1 is 1.36 bits per heavy atom. The lowest BCUT2D eigenvalue weighted by Gasteiger charge is -2.33. The Balaban J connectivity index is 0.00000280. The van der Waals surface area contributed by atoms with Gasteiger partial charge in [-0.15, -0.1) is 30.6 Å². The number of anilines is 1. The van der Waals surface area contributed by atoms with Gasteiger partial charge in [0, 0.05) is 44.8 Å². The van der Waals surface area contributed by atoms with Crippen LogP contribution >= 0.6 is 24.0 Å². The van der Waals surface area contributed by atoms with Gasteiger partial charge in [0.1, 0.15) is 11.6 Å². The number of piperidine rings is 1. The number of pyridine rings is 1. The molecule has 2 aromatic rings. The number of guanidine groups is 1. The van der Waals surface area contributed by atoms with E-state index < -0.39 is 0 Å². The number of halogens is 1. The Hall–Kier alpha value is -2.03. The van der Waals surface area contributed by atoms with Crippen molar-refractivity contribution in [1.29, 1.82) is 0 Å². The van der Waals surface area contributed by atoms with Crippen molar-refractivity contribution in [2.45, 2.75) is 32.2 Å². The van der Waals surface area contributed by atoms with E-state index in [1.807, 2.05) is 24.4 Å². The Kier molecular flexibility index (Phi) is 9.33. The second-order valence-electron chi connectivity index (χ2n) is 6.83. The monoisotopic (exact) mass is 495 g/mol. The molecule has 0 spiro atoms. The van der Waals surface area contributed by atoms with Gasteiger partial charge < -0.3 is 20.0 Å². The van der Waals surface area contributed by atoms with Gasteiger partial charge in [-0.2, -0.15) is 0 Å². The van der Waals surface area contributed by atoms with Crippen molar-refractivity contribution in [1.82, 2.24) is 15.6 Å². The topological polar surface area (TPSA) is 65.7 Å². The fourth-order valence-corrected chi connectivity index (χ4v) is 3.15. The second kappa shape index (κ2) is 11.7. The van der Waals surface area contributed by atoms with Gasteiger partial charge in [0.2, 0.25) is 0 Å². The van der Waals surface area contributed by atoms with Gasteiger partial charge in [-0.3, -0.25) is 4.99 Å². The molecule has 1 aliphatic rings. The quantitative estimate of drug-likeness (QED) is 0.266. The summed E-state index contributed by atoms with van der Waals surface area (Å²) in [6.45, 7) is 9.21. The minimum Gasteiger partial charge on any atom is -0.469 e. The Bertz CT molecular complexity index is 722. The van der Waals surface area contributed by atoms with Gasteiger partial charge in [-0.05, 0) is 43.5 Å². The van der Waals surface area contributed by atoms with Crippen molar-refractivity contribution >= 4 is 35.8 Å². The SMILES string of the molecule is C=CCNC(=NCCc1ccco1)NC1CCN(c2ccc(C)cn2)CC1.I. The maximum Gasteiger partial charge on any atom is 0.191 e. The van der Waals surface area contributed by atoms with E-state index in [-0.39, 0.29) is 24.0 Å². The molecular formula is C21H30IN5O. The van der Waals surface area contributed by atoms with E-state index in [1.165, 1.54) is 5.56 Å². The first-order valence-corrected chi connectivity index (χ1v) is 9.60. The van der Waals surface area contributed by atoms with Crippen molar-refractivity contribution in [2.75, 3.05) is 31.1 Å². The van der Waals surface area contributed by atoms with Crippen LogP contribution in [0.3, 0.4) is 0 Å². The number of aromatic nitrogens is 1. The molecule has 0 unspecified atom stereocenters.